The molecule has 2 amide bonds. The molecular formula is C32H45ClFN3O2P+. The van der Waals surface area contributed by atoms with Crippen molar-refractivity contribution in [1.29, 1.82) is 0 Å². The minimum Gasteiger partial charge on any atom is -0.368 e. The average molecular weight is 589 g/mol. The summed E-state index contributed by atoms with van der Waals surface area (Å²) in [7, 11) is -2.03. The Kier molecular flexibility index (Phi) is 10.3. The quantitative estimate of drug-likeness (QED) is 0.237. The minimum atomic E-state index is -2.03. The first-order chi connectivity index (χ1) is 19.2. The van der Waals surface area contributed by atoms with E-state index < -0.39 is 36.3 Å². The van der Waals surface area contributed by atoms with E-state index in [4.69, 9.17) is 17.3 Å². The second kappa shape index (κ2) is 13.3. The SMILES string of the molecule is CCC1CCCCC1.Cc1ccc([C@]2(C)[C@@H](c3cccc(Cl)c3F)C(C(N)=O)N[P+]23CCCCC3)c(NC=O)c1. The molecule has 1 spiro atoms. The van der Waals surface area contributed by atoms with Crippen LogP contribution in [0.3, 0.4) is 0 Å². The molecule has 8 heteroatoms. The van der Waals surface area contributed by atoms with Gasteiger partial charge >= 0.3 is 0 Å². The largest absolute Gasteiger partial charge is 0.368 e. The van der Waals surface area contributed by atoms with Crippen LogP contribution < -0.4 is 16.1 Å². The molecule has 40 heavy (non-hydrogen) atoms. The highest BCUT2D eigenvalue weighted by Crippen LogP contribution is 2.81. The van der Waals surface area contributed by atoms with Crippen LogP contribution in [0.1, 0.15) is 94.2 Å². The summed E-state index contributed by atoms with van der Waals surface area (Å²) in [5, 5.41) is 5.93. The van der Waals surface area contributed by atoms with Crippen LogP contribution in [-0.2, 0) is 14.7 Å². The highest BCUT2D eigenvalue weighted by Gasteiger charge is 2.70. The van der Waals surface area contributed by atoms with Crippen molar-refractivity contribution in [3.8, 4) is 0 Å². The highest BCUT2D eigenvalue weighted by atomic mass is 35.5. The van der Waals surface area contributed by atoms with Crippen molar-refractivity contribution in [2.75, 3.05) is 17.6 Å². The third-order valence-corrected chi connectivity index (χ3v) is 15.2. The Hall–Kier alpha value is -2.01. The number of carbonyl (C=O) groups is 2. The molecule has 2 aromatic carbocycles. The monoisotopic (exact) mass is 588 g/mol. The number of amides is 2. The molecule has 3 fully saturated rings. The van der Waals surface area contributed by atoms with Gasteiger partial charge in [-0.1, -0.05) is 81.3 Å². The molecule has 0 bridgehead atoms. The predicted octanol–water partition coefficient (Wildman–Crippen LogP) is 7.91. The van der Waals surface area contributed by atoms with Crippen molar-refractivity contribution in [3.63, 3.8) is 0 Å². The summed E-state index contributed by atoms with van der Waals surface area (Å²) >= 11 is 6.18. The van der Waals surface area contributed by atoms with Crippen LogP contribution in [0, 0.1) is 18.7 Å². The van der Waals surface area contributed by atoms with Gasteiger partial charge < -0.3 is 11.1 Å². The van der Waals surface area contributed by atoms with Crippen LogP contribution in [0.25, 0.3) is 0 Å². The maximum absolute atomic E-state index is 15.4. The molecule has 2 aliphatic heterocycles. The Labute approximate surface area is 244 Å². The van der Waals surface area contributed by atoms with E-state index in [1.54, 1.807) is 12.1 Å². The fourth-order valence-corrected chi connectivity index (χ4v) is 13.1. The third-order valence-electron chi connectivity index (χ3n) is 9.65. The predicted molar refractivity (Wildman–Crippen MR) is 166 cm³/mol. The highest BCUT2D eigenvalue weighted by molar-refractivity contribution is 7.75. The number of nitrogens with two attached hydrogens (primary N) is 1. The van der Waals surface area contributed by atoms with Crippen LogP contribution in [0.4, 0.5) is 10.1 Å². The van der Waals surface area contributed by atoms with Crippen molar-refractivity contribution in [2.45, 2.75) is 95.7 Å². The van der Waals surface area contributed by atoms with E-state index in [2.05, 4.69) is 24.3 Å². The van der Waals surface area contributed by atoms with E-state index in [1.165, 1.54) is 44.6 Å². The lowest BCUT2D eigenvalue weighted by Crippen LogP contribution is -2.41. The topological polar surface area (TPSA) is 84.2 Å². The molecule has 1 saturated carbocycles. The van der Waals surface area contributed by atoms with Gasteiger partial charge in [-0.25, -0.2) is 4.39 Å². The summed E-state index contributed by atoms with van der Waals surface area (Å²) in [5.41, 5.74) is 8.89. The van der Waals surface area contributed by atoms with Gasteiger partial charge in [0.05, 0.1) is 30.7 Å². The van der Waals surface area contributed by atoms with E-state index in [0.717, 1.165) is 48.6 Å². The number of nitrogens with one attached hydrogen (secondary N) is 2. The van der Waals surface area contributed by atoms with E-state index in [0.29, 0.717) is 17.7 Å². The number of hydrogen-bond donors (Lipinski definition) is 3. The van der Waals surface area contributed by atoms with Crippen LogP contribution >= 0.6 is 19.0 Å². The summed E-state index contributed by atoms with van der Waals surface area (Å²) in [6.45, 7) is 6.39. The molecule has 5 nitrogen and oxygen atoms in total. The number of anilines is 1. The first-order valence-electron chi connectivity index (χ1n) is 14.9. The Morgan fingerprint density at radius 2 is 1.82 bits per heavy atom. The molecule has 2 heterocycles. The lowest BCUT2D eigenvalue weighted by Gasteiger charge is -2.42. The Bertz CT molecular complexity index is 1200. The Balaban J connectivity index is 0.000000398. The molecule has 1 aliphatic carbocycles. The zero-order valence-corrected chi connectivity index (χ0v) is 25.8. The average Bonchev–Trinajstić information content (AvgIpc) is 3.20. The summed E-state index contributed by atoms with van der Waals surface area (Å²) in [5.74, 6) is -0.489. The lowest BCUT2D eigenvalue weighted by molar-refractivity contribution is -0.120. The number of aryl methyl sites for hydroxylation is 1. The maximum Gasteiger partial charge on any atom is 0.238 e. The number of carbonyl (C=O) groups excluding carboxylic acids is 2. The van der Waals surface area contributed by atoms with Gasteiger partial charge in [0.15, 0.2) is 0 Å². The van der Waals surface area contributed by atoms with Crippen molar-refractivity contribution >= 4 is 37.0 Å². The minimum absolute atomic E-state index is 0.0196. The first kappa shape index (κ1) is 30.9. The van der Waals surface area contributed by atoms with Gasteiger partial charge in [-0.2, -0.15) is 5.09 Å². The number of hydrogen-bond acceptors (Lipinski definition) is 3. The molecule has 5 rings (SSSR count). The van der Waals surface area contributed by atoms with Gasteiger partial charge in [0.2, 0.25) is 12.3 Å². The Morgan fingerprint density at radius 3 is 2.42 bits per heavy atom. The van der Waals surface area contributed by atoms with Crippen molar-refractivity contribution in [3.05, 3.63) is 63.9 Å². The number of halogens is 2. The van der Waals surface area contributed by atoms with Gasteiger partial charge in [0, 0.05) is 11.3 Å². The molecule has 3 atom stereocenters. The van der Waals surface area contributed by atoms with Crippen molar-refractivity contribution < 1.29 is 14.0 Å². The van der Waals surface area contributed by atoms with Gasteiger partial charge in [-0.3, -0.25) is 9.59 Å². The van der Waals surface area contributed by atoms with Gasteiger partial charge in [-0.15, -0.1) is 0 Å². The smallest absolute Gasteiger partial charge is 0.238 e. The van der Waals surface area contributed by atoms with Crippen LogP contribution in [0.2, 0.25) is 5.02 Å². The fraction of sp³-hybridized carbons (Fsp3) is 0.562. The summed E-state index contributed by atoms with van der Waals surface area (Å²) in [6.07, 6.45) is 14.7. The molecule has 1 unspecified atom stereocenters. The van der Waals surface area contributed by atoms with E-state index in [-0.39, 0.29) is 5.02 Å². The fourth-order valence-electron chi connectivity index (χ4n) is 7.46. The zero-order chi connectivity index (χ0) is 28.9. The normalized spacial score (nSPS) is 26.1. The second-order valence-corrected chi connectivity index (χ2v) is 16.4. The summed E-state index contributed by atoms with van der Waals surface area (Å²) in [4.78, 5) is 24.2. The van der Waals surface area contributed by atoms with Crippen LogP contribution in [0.5, 0.6) is 0 Å². The molecule has 4 N–H and O–H groups in total. The van der Waals surface area contributed by atoms with Crippen LogP contribution in [0.15, 0.2) is 36.4 Å². The maximum atomic E-state index is 15.4. The van der Waals surface area contributed by atoms with Crippen molar-refractivity contribution in [1.82, 2.24) is 5.09 Å². The molecule has 2 saturated heterocycles. The van der Waals surface area contributed by atoms with Gasteiger partial charge in [-0.05, 0) is 62.3 Å². The van der Waals surface area contributed by atoms with Gasteiger partial charge in [0.25, 0.3) is 0 Å². The third kappa shape index (κ3) is 5.96. The number of primary amides is 1. The van der Waals surface area contributed by atoms with E-state index in [1.807, 2.05) is 25.1 Å². The molecule has 218 valence electrons. The standard InChI is InChI=1S/C24H28ClFN3O2P.C8H16/c1-15-9-10-17(19(13-15)28-14-30)24(2)20(16-7-6-8-18(25)21(16)26)22(23(27)31)29-32(24)11-4-3-5-12-32;1-2-8-6-4-3-5-7-8/h6-10,13-14,20,22,29H,3-5,11-12H2,1-2H3,(H2-,27,28,30,31);8H,2-7H2,1H3/p+1/t20-,22?,24+;/m0./s1. The molecule has 0 aromatic heterocycles. The molecule has 2 aromatic rings. The van der Waals surface area contributed by atoms with Crippen molar-refractivity contribution in [2.24, 2.45) is 11.7 Å². The molecule has 3 aliphatic rings. The van der Waals surface area contributed by atoms with Crippen LogP contribution in [-0.4, -0.2) is 30.7 Å². The lowest BCUT2D eigenvalue weighted by atomic mass is 9.76. The Morgan fingerprint density at radius 1 is 1.15 bits per heavy atom. The molecular weight excluding hydrogens is 544 g/mol. The van der Waals surface area contributed by atoms with Gasteiger partial charge in [0.1, 0.15) is 17.0 Å². The first-order valence-corrected chi connectivity index (χ1v) is 17.4. The van der Waals surface area contributed by atoms with E-state index >= 15 is 4.39 Å². The zero-order valence-electron chi connectivity index (χ0n) is 24.1. The number of rotatable bonds is 6. The number of benzene rings is 2. The summed E-state index contributed by atoms with van der Waals surface area (Å²) < 4.78 is 15.4. The summed E-state index contributed by atoms with van der Waals surface area (Å²) in [6, 6.07) is 10.1. The second-order valence-electron chi connectivity index (χ2n) is 12.0. The van der Waals surface area contributed by atoms with E-state index in [9.17, 15) is 9.59 Å². The molecule has 0 radical (unpaired) electrons.